The first kappa shape index (κ1) is 13.0. The van der Waals surface area contributed by atoms with Crippen LogP contribution in [0, 0.1) is 0 Å². The molecule has 3 rings (SSSR count). The Labute approximate surface area is 122 Å². The maximum Gasteiger partial charge on any atom is 0.274 e. The average Bonchev–Trinajstić information content (AvgIpc) is 2.57. The number of amides is 1. The summed E-state index contributed by atoms with van der Waals surface area (Å²) in [5.74, 6) is -0.249. The molecule has 0 atom stereocenters. The summed E-state index contributed by atoms with van der Waals surface area (Å²) in [4.78, 5) is 20.4. The van der Waals surface area contributed by atoms with Gasteiger partial charge in [0.25, 0.3) is 5.91 Å². The third-order valence-corrected chi connectivity index (χ3v) is 3.00. The van der Waals surface area contributed by atoms with Crippen molar-refractivity contribution >= 4 is 11.6 Å². The molecule has 102 valence electrons. The van der Waals surface area contributed by atoms with Crippen LogP contribution in [-0.2, 0) is 0 Å². The minimum absolute atomic E-state index is 0.249. The molecule has 2 aromatic carbocycles. The van der Waals surface area contributed by atoms with Crippen molar-refractivity contribution in [2.75, 3.05) is 5.32 Å². The van der Waals surface area contributed by atoms with E-state index >= 15 is 0 Å². The second-order valence-electron chi connectivity index (χ2n) is 4.47. The van der Waals surface area contributed by atoms with Crippen molar-refractivity contribution in [1.29, 1.82) is 0 Å². The normalized spacial score (nSPS) is 10.1. The van der Waals surface area contributed by atoms with Crippen LogP contribution in [0.5, 0.6) is 0 Å². The van der Waals surface area contributed by atoms with E-state index in [1.807, 2.05) is 60.7 Å². The highest BCUT2D eigenvalue weighted by Gasteiger charge is 2.09. The fourth-order valence-electron chi connectivity index (χ4n) is 1.96. The Hall–Kier alpha value is -3.01. The summed E-state index contributed by atoms with van der Waals surface area (Å²) in [7, 11) is 0. The minimum atomic E-state index is -0.249. The van der Waals surface area contributed by atoms with E-state index in [2.05, 4.69) is 15.3 Å². The summed E-state index contributed by atoms with van der Waals surface area (Å²) < 4.78 is 0. The van der Waals surface area contributed by atoms with E-state index in [0.29, 0.717) is 5.69 Å². The molecule has 0 fully saturated rings. The largest absolute Gasteiger partial charge is 0.321 e. The van der Waals surface area contributed by atoms with E-state index in [-0.39, 0.29) is 5.91 Å². The monoisotopic (exact) mass is 275 g/mol. The summed E-state index contributed by atoms with van der Waals surface area (Å²) in [5.41, 5.74) is 2.76. The molecule has 1 N–H and O–H groups in total. The molecule has 0 unspecified atom stereocenters. The zero-order valence-electron chi connectivity index (χ0n) is 11.2. The van der Waals surface area contributed by atoms with Crippen molar-refractivity contribution in [3.63, 3.8) is 0 Å². The van der Waals surface area contributed by atoms with Gasteiger partial charge in [-0.1, -0.05) is 48.5 Å². The van der Waals surface area contributed by atoms with Crippen molar-refractivity contribution in [3.8, 4) is 11.3 Å². The van der Waals surface area contributed by atoms with Crippen LogP contribution < -0.4 is 5.32 Å². The van der Waals surface area contributed by atoms with Gasteiger partial charge in [-0.25, -0.2) is 9.97 Å². The first-order valence-electron chi connectivity index (χ1n) is 6.57. The van der Waals surface area contributed by atoms with Crippen LogP contribution in [0.2, 0.25) is 0 Å². The van der Waals surface area contributed by atoms with Crippen molar-refractivity contribution < 1.29 is 4.79 Å². The molecule has 4 heteroatoms. The zero-order valence-corrected chi connectivity index (χ0v) is 11.2. The highest BCUT2D eigenvalue weighted by molar-refractivity contribution is 6.03. The number of carbonyl (C=O) groups excluding carboxylic acids is 1. The van der Waals surface area contributed by atoms with Gasteiger partial charge in [0.05, 0.1) is 5.69 Å². The van der Waals surface area contributed by atoms with Gasteiger partial charge in [-0.2, -0.15) is 0 Å². The number of nitrogens with zero attached hydrogens (tertiary/aromatic N) is 2. The fourth-order valence-corrected chi connectivity index (χ4v) is 1.96. The predicted molar refractivity (Wildman–Crippen MR) is 81.9 cm³/mol. The Kier molecular flexibility index (Phi) is 3.69. The fraction of sp³-hybridized carbons (Fsp3) is 0. The molecule has 1 aromatic heterocycles. The van der Waals surface area contributed by atoms with Gasteiger partial charge in [0.15, 0.2) is 0 Å². The van der Waals surface area contributed by atoms with Crippen LogP contribution in [0.3, 0.4) is 0 Å². The van der Waals surface area contributed by atoms with Gasteiger partial charge in [-0.15, -0.1) is 0 Å². The molecule has 4 nitrogen and oxygen atoms in total. The van der Waals surface area contributed by atoms with Crippen LogP contribution >= 0.6 is 0 Å². The summed E-state index contributed by atoms with van der Waals surface area (Å²) in [6.07, 6.45) is 1.40. The Balaban J connectivity index is 1.85. The lowest BCUT2D eigenvalue weighted by atomic mass is 10.1. The van der Waals surface area contributed by atoms with E-state index < -0.39 is 0 Å². The Morgan fingerprint density at radius 1 is 0.857 bits per heavy atom. The molecule has 1 heterocycles. The van der Waals surface area contributed by atoms with Crippen molar-refractivity contribution in [2.24, 2.45) is 0 Å². The lowest BCUT2D eigenvalue weighted by molar-refractivity contribution is 0.102. The van der Waals surface area contributed by atoms with E-state index in [4.69, 9.17) is 0 Å². The lowest BCUT2D eigenvalue weighted by Crippen LogP contribution is -2.13. The standard InChI is InChI=1S/C17H13N3O/c21-17(20-14-9-5-2-6-10-14)16-11-15(18-12-19-16)13-7-3-1-4-8-13/h1-12H,(H,20,21). The topological polar surface area (TPSA) is 54.9 Å². The molecule has 0 bridgehead atoms. The number of rotatable bonds is 3. The Morgan fingerprint density at radius 2 is 1.52 bits per heavy atom. The molecule has 1 amide bonds. The molecule has 0 saturated heterocycles. The number of nitrogens with one attached hydrogen (secondary N) is 1. The number of aromatic nitrogens is 2. The molecular formula is C17H13N3O. The van der Waals surface area contributed by atoms with Gasteiger partial charge in [-0.3, -0.25) is 4.79 Å². The molecule has 0 aliphatic rings. The average molecular weight is 275 g/mol. The number of hydrogen-bond acceptors (Lipinski definition) is 3. The Morgan fingerprint density at radius 3 is 2.24 bits per heavy atom. The highest BCUT2D eigenvalue weighted by atomic mass is 16.1. The van der Waals surface area contributed by atoms with E-state index in [1.54, 1.807) is 6.07 Å². The first-order valence-corrected chi connectivity index (χ1v) is 6.57. The second kappa shape index (κ2) is 5.96. The summed E-state index contributed by atoms with van der Waals surface area (Å²) >= 11 is 0. The van der Waals surface area contributed by atoms with E-state index in [9.17, 15) is 4.79 Å². The number of para-hydroxylation sites is 1. The van der Waals surface area contributed by atoms with Gasteiger partial charge in [0.2, 0.25) is 0 Å². The minimum Gasteiger partial charge on any atom is -0.321 e. The summed E-state index contributed by atoms with van der Waals surface area (Å²) in [6.45, 7) is 0. The summed E-state index contributed by atoms with van der Waals surface area (Å²) in [6, 6.07) is 20.7. The molecule has 3 aromatic rings. The molecule has 0 aliphatic heterocycles. The van der Waals surface area contributed by atoms with Gasteiger partial charge >= 0.3 is 0 Å². The SMILES string of the molecule is O=C(Nc1ccccc1)c1cc(-c2ccccc2)ncn1. The third kappa shape index (κ3) is 3.12. The highest BCUT2D eigenvalue weighted by Crippen LogP contribution is 2.16. The maximum absolute atomic E-state index is 12.2. The predicted octanol–water partition coefficient (Wildman–Crippen LogP) is 3.40. The molecule has 0 aliphatic carbocycles. The van der Waals surface area contributed by atoms with Crippen LogP contribution in [0.25, 0.3) is 11.3 Å². The van der Waals surface area contributed by atoms with Gasteiger partial charge in [-0.05, 0) is 18.2 Å². The number of carbonyl (C=O) groups is 1. The summed E-state index contributed by atoms with van der Waals surface area (Å²) in [5, 5.41) is 2.81. The molecular weight excluding hydrogens is 262 g/mol. The van der Waals surface area contributed by atoms with E-state index in [1.165, 1.54) is 6.33 Å². The number of hydrogen-bond donors (Lipinski definition) is 1. The number of benzene rings is 2. The lowest BCUT2D eigenvalue weighted by Gasteiger charge is -2.05. The zero-order chi connectivity index (χ0) is 14.5. The Bertz CT molecular complexity index is 742. The molecule has 0 spiro atoms. The quantitative estimate of drug-likeness (QED) is 0.797. The molecule has 0 radical (unpaired) electrons. The van der Waals surface area contributed by atoms with Crippen LogP contribution in [0.4, 0.5) is 5.69 Å². The van der Waals surface area contributed by atoms with E-state index in [0.717, 1.165) is 16.9 Å². The second-order valence-corrected chi connectivity index (χ2v) is 4.47. The van der Waals surface area contributed by atoms with Gasteiger partial charge in [0.1, 0.15) is 12.0 Å². The molecule has 21 heavy (non-hydrogen) atoms. The molecule has 0 saturated carbocycles. The first-order chi connectivity index (χ1) is 10.3. The van der Waals surface area contributed by atoms with Crippen LogP contribution in [0.1, 0.15) is 10.5 Å². The van der Waals surface area contributed by atoms with Crippen molar-refractivity contribution in [3.05, 3.63) is 78.8 Å². The maximum atomic E-state index is 12.2. The van der Waals surface area contributed by atoms with Gasteiger partial charge < -0.3 is 5.32 Å². The number of anilines is 1. The van der Waals surface area contributed by atoms with Crippen LogP contribution in [-0.4, -0.2) is 15.9 Å². The van der Waals surface area contributed by atoms with Crippen molar-refractivity contribution in [2.45, 2.75) is 0 Å². The third-order valence-electron chi connectivity index (χ3n) is 3.00. The van der Waals surface area contributed by atoms with Crippen LogP contribution in [0.15, 0.2) is 73.1 Å². The smallest absolute Gasteiger partial charge is 0.274 e. The van der Waals surface area contributed by atoms with Crippen molar-refractivity contribution in [1.82, 2.24) is 9.97 Å². The van der Waals surface area contributed by atoms with Gasteiger partial charge in [0, 0.05) is 11.3 Å².